The third kappa shape index (κ3) is 6.04. The van der Waals surface area contributed by atoms with E-state index in [9.17, 15) is 8.42 Å². The number of sulfonamides is 1. The van der Waals surface area contributed by atoms with Crippen LogP contribution in [0.4, 0.5) is 34.5 Å². The number of anilines is 6. The van der Waals surface area contributed by atoms with Crippen LogP contribution in [0.5, 0.6) is 5.75 Å². The summed E-state index contributed by atoms with van der Waals surface area (Å²) >= 11 is 6.91. The van der Waals surface area contributed by atoms with Crippen LogP contribution in [0.2, 0.25) is 5.02 Å². The maximum Gasteiger partial charge on any atom is 0.232 e. The maximum atomic E-state index is 12.6. The van der Waals surface area contributed by atoms with Crippen LogP contribution < -0.4 is 24.6 Å². The average molecular weight is 666 g/mol. The highest BCUT2D eigenvalue weighted by Crippen LogP contribution is 2.41. The molecule has 0 spiro atoms. The summed E-state index contributed by atoms with van der Waals surface area (Å²) in [6, 6.07) is 12.1. The number of nitrogens with zero attached hydrogens (tertiary/aromatic N) is 6. The minimum absolute atomic E-state index is 0.333. The molecule has 12 nitrogen and oxygen atoms in total. The highest BCUT2D eigenvalue weighted by molar-refractivity contribution is 7.92. The number of piperazine rings is 1. The lowest BCUT2D eigenvalue weighted by atomic mass is 10.0. The number of rotatable bonds is 8. The van der Waals surface area contributed by atoms with Crippen LogP contribution >= 0.6 is 11.6 Å². The number of piperidine rings is 1. The van der Waals surface area contributed by atoms with E-state index in [1.807, 2.05) is 36.4 Å². The summed E-state index contributed by atoms with van der Waals surface area (Å²) in [7, 11) is 0.400. The van der Waals surface area contributed by atoms with E-state index in [0.29, 0.717) is 64.3 Å². The van der Waals surface area contributed by atoms with E-state index in [0.717, 1.165) is 68.7 Å². The molecule has 4 aromatic rings. The number of para-hydroxylation sites is 1. The molecule has 7 rings (SSSR count). The summed E-state index contributed by atoms with van der Waals surface area (Å²) < 4.78 is 32.4. The van der Waals surface area contributed by atoms with Gasteiger partial charge in [0.05, 0.1) is 46.5 Å². The van der Waals surface area contributed by atoms with Crippen molar-refractivity contribution in [2.24, 2.45) is 0 Å². The second-order valence-electron chi connectivity index (χ2n) is 12.3. The number of likely N-dealkylation sites (N-methyl/N-ethyl adjacent to an activating group) is 1. The molecule has 3 aliphatic heterocycles. The van der Waals surface area contributed by atoms with Gasteiger partial charge in [-0.3, -0.25) is 9.21 Å². The molecule has 2 saturated heterocycles. The van der Waals surface area contributed by atoms with Gasteiger partial charge in [0.2, 0.25) is 16.0 Å². The van der Waals surface area contributed by atoms with Gasteiger partial charge in [-0.05, 0) is 50.1 Å². The number of fused-ring (bicyclic) bond motifs is 2. The number of aromatic amines is 1. The van der Waals surface area contributed by atoms with Gasteiger partial charge in [-0.25, -0.2) is 8.42 Å². The van der Waals surface area contributed by atoms with Crippen molar-refractivity contribution in [1.82, 2.24) is 24.8 Å². The fourth-order valence-corrected chi connectivity index (χ4v) is 8.16. The number of benzene rings is 2. The first-order chi connectivity index (χ1) is 22.2. The van der Waals surface area contributed by atoms with E-state index < -0.39 is 10.0 Å². The fraction of sp³-hybridized carbons (Fsp3) is 0.438. The van der Waals surface area contributed by atoms with Gasteiger partial charge in [0.1, 0.15) is 17.2 Å². The smallest absolute Gasteiger partial charge is 0.232 e. The monoisotopic (exact) mass is 665 g/mol. The first kappa shape index (κ1) is 30.9. The zero-order chi connectivity index (χ0) is 32.0. The second-order valence-corrected chi connectivity index (χ2v) is 14.7. The summed E-state index contributed by atoms with van der Waals surface area (Å²) in [6.07, 6.45) is 5.89. The van der Waals surface area contributed by atoms with E-state index in [1.165, 1.54) is 10.6 Å². The van der Waals surface area contributed by atoms with Crippen LogP contribution in [-0.2, 0) is 16.4 Å². The van der Waals surface area contributed by atoms with Gasteiger partial charge in [0.15, 0.2) is 0 Å². The van der Waals surface area contributed by atoms with Crippen LogP contribution in [0, 0.1) is 0 Å². The van der Waals surface area contributed by atoms with Gasteiger partial charge in [-0.1, -0.05) is 23.7 Å². The van der Waals surface area contributed by atoms with Crippen molar-refractivity contribution < 1.29 is 13.2 Å². The molecule has 3 aliphatic rings. The molecule has 0 atom stereocenters. The molecule has 0 bridgehead atoms. The number of nitrogens with one attached hydrogen (secondary N) is 3. The van der Waals surface area contributed by atoms with Gasteiger partial charge in [-0.15, -0.1) is 0 Å². The molecule has 0 aliphatic carbocycles. The van der Waals surface area contributed by atoms with E-state index in [-0.39, 0.29) is 0 Å². The van der Waals surface area contributed by atoms with Crippen molar-refractivity contribution in [3.05, 3.63) is 53.2 Å². The first-order valence-corrected chi connectivity index (χ1v) is 17.9. The van der Waals surface area contributed by atoms with Crippen molar-refractivity contribution in [3.63, 3.8) is 0 Å². The van der Waals surface area contributed by atoms with Crippen molar-refractivity contribution >= 4 is 67.2 Å². The molecule has 14 heteroatoms. The number of halogens is 1. The Labute approximate surface area is 274 Å². The van der Waals surface area contributed by atoms with Crippen LogP contribution in [0.1, 0.15) is 18.4 Å². The zero-order valence-corrected chi connectivity index (χ0v) is 28.0. The Bertz CT molecular complexity index is 1850. The Balaban J connectivity index is 1.13. The fourth-order valence-electron chi connectivity index (χ4n) is 6.90. The molecule has 0 unspecified atom stereocenters. The molecule has 3 N–H and O–H groups in total. The lowest BCUT2D eigenvalue weighted by Gasteiger charge is -2.42. The van der Waals surface area contributed by atoms with Gasteiger partial charge >= 0.3 is 0 Å². The van der Waals surface area contributed by atoms with Crippen LogP contribution in [-0.4, -0.2) is 105 Å². The minimum atomic E-state index is -3.44. The molecule has 2 fully saturated rings. The van der Waals surface area contributed by atoms with E-state index >= 15 is 0 Å². The SMILES string of the molecule is COc1cc(N2CCC(N3CCN(C)CC3)CC2)c(Cl)cc1Nc1nc(Nc2cccc3c2N(S(C)(=O)=O)CC3)c2cc[nH]c2n1. The molecule has 0 radical (unpaired) electrons. The third-order valence-corrected chi connectivity index (χ3v) is 10.9. The number of methoxy groups -OCH3 is 1. The highest BCUT2D eigenvalue weighted by atomic mass is 35.5. The summed E-state index contributed by atoms with van der Waals surface area (Å²) in [5, 5.41) is 8.11. The Kier molecular flexibility index (Phi) is 8.34. The summed E-state index contributed by atoms with van der Waals surface area (Å²) in [4.78, 5) is 20.1. The lowest BCUT2D eigenvalue weighted by molar-refractivity contribution is 0.0982. The Morgan fingerprint density at radius 2 is 1.76 bits per heavy atom. The van der Waals surface area contributed by atoms with Crippen LogP contribution in [0.3, 0.4) is 0 Å². The van der Waals surface area contributed by atoms with Crippen LogP contribution in [0.15, 0.2) is 42.6 Å². The zero-order valence-electron chi connectivity index (χ0n) is 26.4. The standard InChI is InChI=1S/C32H40ClN9O3S/c1-39-15-17-40(18-16-39)22-9-12-41(13-10-22)27-20-28(45-2)26(19-24(27)33)36-32-37-30-23(7-11-34-30)31(38-32)35-25-6-4-5-21-8-14-42(29(21)25)46(3,43)44/h4-7,11,19-20,22H,8-10,12-18H2,1-3H3,(H3,34,35,36,37,38). The minimum Gasteiger partial charge on any atom is -0.494 e. The number of hydrogen-bond acceptors (Lipinski definition) is 10. The van der Waals surface area contributed by atoms with Crippen molar-refractivity contribution in [2.75, 3.05) is 86.1 Å². The van der Waals surface area contributed by atoms with E-state index in [1.54, 1.807) is 13.3 Å². The second kappa shape index (κ2) is 12.4. The molecule has 5 heterocycles. The van der Waals surface area contributed by atoms with Gasteiger partial charge < -0.3 is 30.2 Å². The molecule has 2 aromatic heterocycles. The van der Waals surface area contributed by atoms with Gasteiger partial charge in [-0.2, -0.15) is 9.97 Å². The molecule has 244 valence electrons. The third-order valence-electron chi connectivity index (χ3n) is 9.40. The quantitative estimate of drug-likeness (QED) is 0.245. The van der Waals surface area contributed by atoms with Crippen molar-refractivity contribution in [3.8, 4) is 5.75 Å². The Hall–Kier alpha value is -3.78. The first-order valence-electron chi connectivity index (χ1n) is 15.7. The highest BCUT2D eigenvalue weighted by Gasteiger charge is 2.30. The predicted molar refractivity (Wildman–Crippen MR) is 185 cm³/mol. The average Bonchev–Trinajstić information content (AvgIpc) is 3.70. The number of ether oxygens (including phenoxy) is 1. The molecule has 46 heavy (non-hydrogen) atoms. The van der Waals surface area contributed by atoms with Crippen molar-refractivity contribution in [1.29, 1.82) is 0 Å². The van der Waals surface area contributed by atoms with Crippen molar-refractivity contribution in [2.45, 2.75) is 25.3 Å². The Morgan fingerprint density at radius 3 is 2.50 bits per heavy atom. The molecular formula is C32H40ClN9O3S. The molecule has 0 saturated carbocycles. The largest absolute Gasteiger partial charge is 0.494 e. The number of H-pyrrole nitrogens is 1. The number of aromatic nitrogens is 3. The van der Waals surface area contributed by atoms with Gasteiger partial charge in [0, 0.05) is 64.1 Å². The summed E-state index contributed by atoms with van der Waals surface area (Å²) in [5.41, 5.74) is 4.50. The lowest BCUT2D eigenvalue weighted by Crippen LogP contribution is -2.52. The summed E-state index contributed by atoms with van der Waals surface area (Å²) in [6.45, 7) is 6.82. The van der Waals surface area contributed by atoms with E-state index in [4.69, 9.17) is 26.3 Å². The topological polar surface area (TPSA) is 122 Å². The normalized spacial score (nSPS) is 18.3. The number of hydrogen-bond donors (Lipinski definition) is 3. The molecular weight excluding hydrogens is 626 g/mol. The van der Waals surface area contributed by atoms with Gasteiger partial charge in [0.25, 0.3) is 0 Å². The molecule has 0 amide bonds. The maximum absolute atomic E-state index is 12.6. The Morgan fingerprint density at radius 1 is 0.978 bits per heavy atom. The van der Waals surface area contributed by atoms with E-state index in [2.05, 4.69) is 37.4 Å². The predicted octanol–water partition coefficient (Wildman–Crippen LogP) is 4.65. The molecule has 2 aromatic carbocycles. The summed E-state index contributed by atoms with van der Waals surface area (Å²) in [5.74, 6) is 1.50. The van der Waals surface area contributed by atoms with Crippen LogP contribution in [0.25, 0.3) is 11.0 Å².